The zero-order valence-corrected chi connectivity index (χ0v) is 24.5. The quantitative estimate of drug-likeness (QED) is 0.167. The van der Waals surface area contributed by atoms with Crippen molar-refractivity contribution in [3.63, 3.8) is 0 Å². The zero-order valence-electron chi connectivity index (χ0n) is 24.5. The minimum absolute atomic E-state index is 0.0643. The third-order valence-electron chi connectivity index (χ3n) is 7.11. The highest BCUT2D eigenvalue weighted by Crippen LogP contribution is 2.30. The number of aromatic nitrogens is 1. The Morgan fingerprint density at radius 1 is 0.744 bits per heavy atom. The highest BCUT2D eigenvalue weighted by atomic mass is 19.3. The number of carbonyl (C=O) groups is 1. The molecule has 0 aliphatic rings. The third kappa shape index (κ3) is 8.34. The number of carboxylic acids is 1. The van der Waals surface area contributed by atoms with Crippen LogP contribution < -0.4 is 9.64 Å². The molecule has 43 heavy (non-hydrogen) atoms. The van der Waals surface area contributed by atoms with Crippen molar-refractivity contribution in [2.24, 2.45) is 0 Å². The van der Waals surface area contributed by atoms with Crippen LogP contribution in [0.5, 0.6) is 5.75 Å². The molecule has 0 spiro atoms. The first-order valence-electron chi connectivity index (χ1n) is 13.8. The van der Waals surface area contributed by atoms with Gasteiger partial charge in [-0.15, -0.1) is 0 Å². The summed E-state index contributed by atoms with van der Waals surface area (Å²) in [5.41, 5.74) is 1.84. The molecule has 0 atom stereocenters. The molecule has 3 aromatic carbocycles. The van der Waals surface area contributed by atoms with Gasteiger partial charge in [0.2, 0.25) is 0 Å². The van der Waals surface area contributed by atoms with Gasteiger partial charge in [0, 0.05) is 49.8 Å². The third-order valence-corrected chi connectivity index (χ3v) is 7.11. The molecule has 0 amide bonds. The van der Waals surface area contributed by atoms with E-state index in [4.69, 9.17) is 4.74 Å². The molecule has 4 rings (SSSR count). The minimum atomic E-state index is -2.93. The minimum Gasteiger partial charge on any atom is -0.478 e. The van der Waals surface area contributed by atoms with Gasteiger partial charge in [-0.05, 0) is 61.2 Å². The lowest BCUT2D eigenvalue weighted by Gasteiger charge is -2.25. The van der Waals surface area contributed by atoms with Crippen LogP contribution in [0.25, 0.3) is 11.1 Å². The SMILES string of the molecule is CC(C)(Oc1ccc(CCN(Cc2ccc(C(C)(F)F)cc2)c2ccc(-c3ccc(C(C)(F)F)cc3)cn2)cc1)C(=O)O. The van der Waals surface area contributed by atoms with E-state index in [0.717, 1.165) is 36.1 Å². The smallest absolute Gasteiger partial charge is 0.347 e. The highest BCUT2D eigenvalue weighted by molar-refractivity contribution is 5.76. The molecule has 0 saturated heterocycles. The number of alkyl halides is 4. The number of halogens is 4. The second-order valence-electron chi connectivity index (χ2n) is 11.2. The monoisotopic (exact) mass is 594 g/mol. The molecule has 1 heterocycles. The molecule has 1 aromatic heterocycles. The Hall–Kier alpha value is -4.40. The maximum atomic E-state index is 13.7. The van der Waals surface area contributed by atoms with E-state index in [1.54, 1.807) is 42.6 Å². The predicted octanol–water partition coefficient (Wildman–Crippen LogP) is 8.46. The number of pyridine rings is 1. The van der Waals surface area contributed by atoms with Gasteiger partial charge in [-0.1, -0.05) is 60.7 Å². The van der Waals surface area contributed by atoms with Gasteiger partial charge in [0.05, 0.1) is 0 Å². The van der Waals surface area contributed by atoms with E-state index >= 15 is 0 Å². The molecule has 1 N–H and O–H groups in total. The van der Waals surface area contributed by atoms with Gasteiger partial charge in [-0.25, -0.2) is 27.3 Å². The van der Waals surface area contributed by atoms with Crippen LogP contribution in [0.3, 0.4) is 0 Å². The Balaban J connectivity index is 1.53. The van der Waals surface area contributed by atoms with Crippen LogP contribution >= 0.6 is 0 Å². The summed E-state index contributed by atoms with van der Waals surface area (Å²) < 4.78 is 60.3. The van der Waals surface area contributed by atoms with Crippen LogP contribution in [0.15, 0.2) is 91.1 Å². The van der Waals surface area contributed by atoms with Gasteiger partial charge in [-0.3, -0.25) is 0 Å². The number of hydrogen-bond donors (Lipinski definition) is 1. The normalized spacial score (nSPS) is 12.2. The van der Waals surface area contributed by atoms with Crippen molar-refractivity contribution in [1.82, 2.24) is 4.98 Å². The van der Waals surface area contributed by atoms with Crippen molar-refractivity contribution in [2.75, 3.05) is 11.4 Å². The second kappa shape index (κ2) is 12.5. The standard InChI is InChI=1S/C34H34F4N2O3/c1-32(2,31(41)42)43-29-16-7-23(8-17-29)19-20-40(22-24-5-12-27(13-6-24)33(3,35)36)30-18-11-26(21-39-30)25-9-14-28(15-10-25)34(4,37)38/h5-18,21H,19-20,22H2,1-4H3,(H,41,42). The van der Waals surface area contributed by atoms with Gasteiger partial charge in [0.25, 0.3) is 11.8 Å². The van der Waals surface area contributed by atoms with Crippen LogP contribution in [-0.4, -0.2) is 28.2 Å². The maximum Gasteiger partial charge on any atom is 0.347 e. The summed E-state index contributed by atoms with van der Waals surface area (Å²) >= 11 is 0. The lowest BCUT2D eigenvalue weighted by molar-refractivity contribution is -0.152. The molecular weight excluding hydrogens is 560 g/mol. The molecule has 0 bridgehead atoms. The highest BCUT2D eigenvalue weighted by Gasteiger charge is 2.29. The Morgan fingerprint density at radius 3 is 1.74 bits per heavy atom. The molecule has 0 saturated carbocycles. The van der Waals surface area contributed by atoms with Gasteiger partial charge in [0.15, 0.2) is 5.60 Å². The summed E-state index contributed by atoms with van der Waals surface area (Å²) in [5, 5.41) is 9.31. The van der Waals surface area contributed by atoms with E-state index in [1.165, 1.54) is 38.1 Å². The molecule has 5 nitrogen and oxygen atoms in total. The summed E-state index contributed by atoms with van der Waals surface area (Å²) in [7, 11) is 0. The topological polar surface area (TPSA) is 62.7 Å². The lowest BCUT2D eigenvalue weighted by atomic mass is 10.0. The number of anilines is 1. The number of ether oxygens (including phenoxy) is 1. The summed E-state index contributed by atoms with van der Waals surface area (Å²) in [4.78, 5) is 18.0. The fourth-order valence-corrected chi connectivity index (χ4v) is 4.42. The van der Waals surface area contributed by atoms with E-state index in [0.29, 0.717) is 31.1 Å². The Labute approximate surface area is 248 Å². The van der Waals surface area contributed by atoms with Crippen LogP contribution in [-0.2, 0) is 29.6 Å². The van der Waals surface area contributed by atoms with E-state index < -0.39 is 23.4 Å². The largest absolute Gasteiger partial charge is 0.478 e. The van der Waals surface area contributed by atoms with Crippen molar-refractivity contribution in [3.05, 3.63) is 113 Å². The van der Waals surface area contributed by atoms with E-state index in [2.05, 4.69) is 4.98 Å². The van der Waals surface area contributed by atoms with E-state index in [9.17, 15) is 27.5 Å². The van der Waals surface area contributed by atoms with Crippen molar-refractivity contribution in [2.45, 2.75) is 58.1 Å². The molecule has 4 aromatic rings. The van der Waals surface area contributed by atoms with Crippen molar-refractivity contribution >= 4 is 11.8 Å². The van der Waals surface area contributed by atoms with Crippen molar-refractivity contribution < 1.29 is 32.2 Å². The average molecular weight is 595 g/mol. The molecule has 9 heteroatoms. The molecule has 0 aliphatic heterocycles. The summed E-state index contributed by atoms with van der Waals surface area (Å²) in [6, 6.07) is 23.2. The Bertz CT molecular complexity index is 1510. The molecule has 226 valence electrons. The van der Waals surface area contributed by atoms with Crippen LogP contribution in [0.4, 0.5) is 23.4 Å². The number of benzene rings is 3. The number of carboxylic acid groups (broad SMARTS) is 1. The first kappa shape index (κ1) is 31.5. The van der Waals surface area contributed by atoms with Crippen LogP contribution in [0.1, 0.15) is 49.9 Å². The fourth-order valence-electron chi connectivity index (χ4n) is 4.42. The van der Waals surface area contributed by atoms with Crippen LogP contribution in [0.2, 0.25) is 0 Å². The average Bonchev–Trinajstić information content (AvgIpc) is 2.95. The second-order valence-corrected chi connectivity index (χ2v) is 11.2. The van der Waals surface area contributed by atoms with Gasteiger partial charge in [-0.2, -0.15) is 0 Å². The summed E-state index contributed by atoms with van der Waals surface area (Å²) in [6.07, 6.45) is 2.29. The molecule has 0 radical (unpaired) electrons. The molecule has 0 fully saturated rings. The Morgan fingerprint density at radius 2 is 1.26 bits per heavy atom. The molecule has 0 unspecified atom stereocenters. The van der Waals surface area contributed by atoms with Crippen molar-refractivity contribution in [1.29, 1.82) is 0 Å². The van der Waals surface area contributed by atoms with Crippen LogP contribution in [0, 0.1) is 0 Å². The first-order valence-corrected chi connectivity index (χ1v) is 13.8. The number of aliphatic carboxylic acids is 1. The number of nitrogens with zero attached hydrogens (tertiary/aromatic N) is 2. The number of rotatable bonds is 12. The maximum absolute atomic E-state index is 13.7. The summed E-state index contributed by atoms with van der Waals surface area (Å²) in [5.74, 6) is -5.83. The fraction of sp³-hybridized carbons (Fsp3) is 0.294. The number of hydrogen-bond acceptors (Lipinski definition) is 4. The molecule has 0 aliphatic carbocycles. The first-order chi connectivity index (χ1) is 20.1. The van der Waals surface area contributed by atoms with E-state index in [-0.39, 0.29) is 11.1 Å². The zero-order chi connectivity index (χ0) is 31.4. The Kier molecular flexibility index (Phi) is 9.13. The van der Waals surface area contributed by atoms with Gasteiger partial charge < -0.3 is 14.7 Å². The predicted molar refractivity (Wildman–Crippen MR) is 159 cm³/mol. The van der Waals surface area contributed by atoms with Gasteiger partial charge >= 0.3 is 5.97 Å². The molecular formula is C34H34F4N2O3. The van der Waals surface area contributed by atoms with E-state index in [1.807, 2.05) is 29.2 Å². The van der Waals surface area contributed by atoms with Gasteiger partial charge in [0.1, 0.15) is 11.6 Å². The van der Waals surface area contributed by atoms with Crippen molar-refractivity contribution in [3.8, 4) is 16.9 Å². The lowest BCUT2D eigenvalue weighted by Crippen LogP contribution is -2.37. The summed E-state index contributed by atoms with van der Waals surface area (Å²) in [6.45, 7) is 5.63.